The Bertz CT molecular complexity index is 705. The van der Waals surface area contributed by atoms with Gasteiger partial charge < -0.3 is 10.4 Å². The standard InChI is InChI=1S/C18H22N2O3/c1-18(2,11-9-17(22)23)20-16(21)8-7-13-10-12-19-15-6-4-3-5-14(13)15/h3-6,10,12H,7-9,11H2,1-2H3,(H,20,21)(H,22,23). The van der Waals surface area contributed by atoms with Gasteiger partial charge in [-0.3, -0.25) is 14.6 Å². The Balaban J connectivity index is 1.94. The summed E-state index contributed by atoms with van der Waals surface area (Å²) < 4.78 is 0. The first-order chi connectivity index (χ1) is 10.9. The van der Waals surface area contributed by atoms with Gasteiger partial charge in [0.2, 0.25) is 5.91 Å². The van der Waals surface area contributed by atoms with E-state index in [1.54, 1.807) is 6.20 Å². The van der Waals surface area contributed by atoms with Gasteiger partial charge >= 0.3 is 5.97 Å². The summed E-state index contributed by atoms with van der Waals surface area (Å²) in [6, 6.07) is 9.80. The second kappa shape index (κ2) is 7.22. The highest BCUT2D eigenvalue weighted by Gasteiger charge is 2.21. The van der Waals surface area contributed by atoms with Crippen LogP contribution in [0.25, 0.3) is 10.9 Å². The lowest BCUT2D eigenvalue weighted by Gasteiger charge is -2.25. The largest absolute Gasteiger partial charge is 0.481 e. The normalized spacial score (nSPS) is 11.4. The van der Waals surface area contributed by atoms with E-state index in [9.17, 15) is 9.59 Å². The summed E-state index contributed by atoms with van der Waals surface area (Å²) >= 11 is 0. The molecule has 1 heterocycles. The van der Waals surface area contributed by atoms with Crippen LogP contribution in [0.4, 0.5) is 0 Å². The van der Waals surface area contributed by atoms with Crippen molar-refractivity contribution in [3.63, 3.8) is 0 Å². The lowest BCUT2D eigenvalue weighted by molar-refractivity contribution is -0.137. The lowest BCUT2D eigenvalue weighted by Crippen LogP contribution is -2.43. The number of nitrogens with zero attached hydrogens (tertiary/aromatic N) is 1. The van der Waals surface area contributed by atoms with Crippen LogP contribution in [0.2, 0.25) is 0 Å². The van der Waals surface area contributed by atoms with E-state index in [-0.39, 0.29) is 12.3 Å². The minimum atomic E-state index is -0.851. The van der Waals surface area contributed by atoms with Crippen molar-refractivity contribution in [1.29, 1.82) is 0 Å². The number of carbonyl (C=O) groups excluding carboxylic acids is 1. The van der Waals surface area contributed by atoms with Gasteiger partial charge in [0.25, 0.3) is 0 Å². The molecule has 23 heavy (non-hydrogen) atoms. The SMILES string of the molecule is CC(C)(CCC(=O)O)NC(=O)CCc1ccnc2ccccc12. The number of rotatable bonds is 7. The van der Waals surface area contributed by atoms with Crippen molar-refractivity contribution >= 4 is 22.8 Å². The second-order valence-corrected chi connectivity index (χ2v) is 6.31. The zero-order chi connectivity index (χ0) is 16.9. The van der Waals surface area contributed by atoms with Gasteiger partial charge in [-0.25, -0.2) is 0 Å². The molecule has 1 aromatic carbocycles. The van der Waals surface area contributed by atoms with E-state index < -0.39 is 11.5 Å². The van der Waals surface area contributed by atoms with Crippen LogP contribution in [-0.2, 0) is 16.0 Å². The van der Waals surface area contributed by atoms with E-state index in [0.29, 0.717) is 19.3 Å². The minimum Gasteiger partial charge on any atom is -0.481 e. The quantitative estimate of drug-likeness (QED) is 0.823. The first-order valence-electron chi connectivity index (χ1n) is 7.73. The highest BCUT2D eigenvalue weighted by molar-refractivity contribution is 5.83. The number of aryl methyl sites for hydroxylation is 1. The molecule has 0 aliphatic heterocycles. The van der Waals surface area contributed by atoms with E-state index in [1.165, 1.54) is 0 Å². The Morgan fingerprint density at radius 3 is 2.65 bits per heavy atom. The van der Waals surface area contributed by atoms with E-state index in [1.807, 2.05) is 44.2 Å². The summed E-state index contributed by atoms with van der Waals surface area (Å²) in [6.07, 6.45) is 3.20. The molecule has 5 heteroatoms. The van der Waals surface area contributed by atoms with Gasteiger partial charge in [-0.2, -0.15) is 0 Å². The highest BCUT2D eigenvalue weighted by atomic mass is 16.4. The van der Waals surface area contributed by atoms with Crippen LogP contribution in [0.3, 0.4) is 0 Å². The van der Waals surface area contributed by atoms with Gasteiger partial charge in [0.1, 0.15) is 0 Å². The molecule has 0 saturated carbocycles. The first kappa shape index (κ1) is 16.9. The van der Waals surface area contributed by atoms with Gasteiger partial charge in [0.15, 0.2) is 0 Å². The number of aliphatic carboxylic acids is 1. The molecule has 2 N–H and O–H groups in total. The number of carbonyl (C=O) groups is 2. The number of nitrogens with one attached hydrogen (secondary N) is 1. The number of fused-ring (bicyclic) bond motifs is 1. The van der Waals surface area contributed by atoms with E-state index in [0.717, 1.165) is 16.5 Å². The number of hydrogen-bond donors (Lipinski definition) is 2. The second-order valence-electron chi connectivity index (χ2n) is 6.31. The summed E-state index contributed by atoms with van der Waals surface area (Å²) in [5, 5.41) is 12.7. The van der Waals surface area contributed by atoms with Crippen LogP contribution < -0.4 is 5.32 Å². The van der Waals surface area contributed by atoms with Crippen molar-refractivity contribution in [3.05, 3.63) is 42.1 Å². The van der Waals surface area contributed by atoms with Crippen LogP contribution in [0.1, 0.15) is 38.7 Å². The Morgan fingerprint density at radius 2 is 1.91 bits per heavy atom. The third-order valence-electron chi connectivity index (χ3n) is 3.80. The molecule has 0 radical (unpaired) electrons. The number of amides is 1. The fourth-order valence-electron chi connectivity index (χ4n) is 2.54. The number of benzene rings is 1. The first-order valence-corrected chi connectivity index (χ1v) is 7.73. The number of aromatic nitrogens is 1. The average molecular weight is 314 g/mol. The zero-order valence-electron chi connectivity index (χ0n) is 13.5. The highest BCUT2D eigenvalue weighted by Crippen LogP contribution is 2.18. The van der Waals surface area contributed by atoms with Crippen LogP contribution in [-0.4, -0.2) is 27.5 Å². The van der Waals surface area contributed by atoms with Gasteiger partial charge in [0, 0.05) is 30.0 Å². The fourth-order valence-corrected chi connectivity index (χ4v) is 2.54. The molecule has 0 atom stereocenters. The summed E-state index contributed by atoms with van der Waals surface area (Å²) in [6.45, 7) is 3.69. The van der Waals surface area contributed by atoms with Gasteiger partial charge in [-0.15, -0.1) is 0 Å². The molecule has 0 unspecified atom stereocenters. The molecule has 2 aromatic rings. The van der Waals surface area contributed by atoms with Crippen LogP contribution >= 0.6 is 0 Å². The summed E-state index contributed by atoms with van der Waals surface area (Å²) in [5.41, 5.74) is 1.50. The molecular weight excluding hydrogens is 292 g/mol. The minimum absolute atomic E-state index is 0.0439. The molecule has 0 saturated heterocycles. The Labute approximate surface area is 135 Å². The molecule has 0 aliphatic rings. The maximum absolute atomic E-state index is 12.1. The summed E-state index contributed by atoms with van der Waals surface area (Å²) in [5.74, 6) is -0.920. The Kier molecular flexibility index (Phi) is 5.32. The van der Waals surface area contributed by atoms with Gasteiger partial charge in [-0.1, -0.05) is 18.2 Å². The molecule has 0 fully saturated rings. The van der Waals surface area contributed by atoms with Crippen molar-refractivity contribution in [2.24, 2.45) is 0 Å². The Morgan fingerprint density at radius 1 is 1.17 bits per heavy atom. The van der Waals surface area contributed by atoms with Crippen molar-refractivity contribution < 1.29 is 14.7 Å². The predicted octanol–water partition coefficient (Wildman–Crippen LogP) is 2.93. The van der Waals surface area contributed by atoms with Crippen LogP contribution in [0, 0.1) is 0 Å². The summed E-state index contributed by atoms with van der Waals surface area (Å²) in [4.78, 5) is 27.1. The van der Waals surface area contributed by atoms with Crippen LogP contribution in [0.15, 0.2) is 36.5 Å². The molecule has 1 aromatic heterocycles. The predicted molar refractivity (Wildman–Crippen MR) is 89.2 cm³/mol. The number of pyridine rings is 1. The van der Waals surface area contributed by atoms with Crippen molar-refractivity contribution in [1.82, 2.24) is 10.3 Å². The van der Waals surface area contributed by atoms with Crippen LogP contribution in [0.5, 0.6) is 0 Å². The third-order valence-corrected chi connectivity index (χ3v) is 3.80. The number of para-hydroxylation sites is 1. The smallest absolute Gasteiger partial charge is 0.303 e. The maximum atomic E-state index is 12.1. The molecule has 5 nitrogen and oxygen atoms in total. The van der Waals surface area contributed by atoms with Crippen molar-refractivity contribution in [2.75, 3.05) is 0 Å². The van der Waals surface area contributed by atoms with Crippen molar-refractivity contribution in [2.45, 2.75) is 45.1 Å². The molecule has 0 spiro atoms. The molecule has 0 aliphatic carbocycles. The maximum Gasteiger partial charge on any atom is 0.303 e. The molecular formula is C18H22N2O3. The molecule has 0 bridgehead atoms. The number of carboxylic acids is 1. The topological polar surface area (TPSA) is 79.3 Å². The Hall–Kier alpha value is -2.43. The third kappa shape index (κ3) is 5.06. The number of carboxylic acid groups (broad SMARTS) is 1. The van der Waals surface area contributed by atoms with Gasteiger partial charge in [0.05, 0.1) is 5.52 Å². The average Bonchev–Trinajstić information content (AvgIpc) is 2.50. The fraction of sp³-hybridized carbons (Fsp3) is 0.389. The number of hydrogen-bond acceptors (Lipinski definition) is 3. The van der Waals surface area contributed by atoms with E-state index >= 15 is 0 Å². The van der Waals surface area contributed by atoms with E-state index in [2.05, 4.69) is 10.3 Å². The molecule has 1 amide bonds. The lowest BCUT2D eigenvalue weighted by atomic mass is 9.97. The monoisotopic (exact) mass is 314 g/mol. The summed E-state index contributed by atoms with van der Waals surface area (Å²) in [7, 11) is 0. The van der Waals surface area contributed by atoms with E-state index in [4.69, 9.17) is 5.11 Å². The zero-order valence-corrected chi connectivity index (χ0v) is 13.5. The van der Waals surface area contributed by atoms with Crippen molar-refractivity contribution in [3.8, 4) is 0 Å². The molecule has 122 valence electrons. The molecule has 2 rings (SSSR count). The van der Waals surface area contributed by atoms with Gasteiger partial charge in [-0.05, 0) is 44.4 Å².